The third kappa shape index (κ3) is 4.89. The zero-order chi connectivity index (χ0) is 7.00. The molecule has 0 amide bonds. The molecule has 0 atom stereocenters. The Kier molecular flexibility index (Phi) is 6.65. The first-order chi connectivity index (χ1) is 3.25. The summed E-state index contributed by atoms with van der Waals surface area (Å²) in [4.78, 5) is 0. The Hall–Kier alpha value is 4.12. The molecule has 0 bridgehead atoms. The number of hydrogen-bond acceptors (Lipinski definition) is 0. The van der Waals surface area contributed by atoms with Crippen LogP contribution in [0.15, 0.2) is 0 Å². The summed E-state index contributed by atoms with van der Waals surface area (Å²) in [6.07, 6.45) is 0. The fourth-order valence-corrected chi connectivity index (χ4v) is 0. The molecule has 0 aliphatic heterocycles. The summed E-state index contributed by atoms with van der Waals surface area (Å²) in [5, 5.41) is 0. The van der Waals surface area contributed by atoms with E-state index in [1.165, 1.54) is 0 Å². The van der Waals surface area contributed by atoms with Gasteiger partial charge in [0, 0.05) is 0 Å². The lowest BCUT2D eigenvalue weighted by atomic mass is 10.7. The van der Waals surface area contributed by atoms with Crippen molar-refractivity contribution in [2.24, 2.45) is 0 Å². The molecule has 0 unspecified atom stereocenters. The van der Waals surface area contributed by atoms with Crippen molar-refractivity contribution in [3.05, 3.63) is 0 Å². The average molecular weight is 662 g/mol. The Labute approximate surface area is 113 Å². The number of halogens is 6. The maximum absolute atomic E-state index is 3.52. The molecule has 8 heavy (non-hydrogen) atoms. The Balaban J connectivity index is 4.02. The standard InChI is InChI=1S/BBr3I3P/c2-1(3,4)8(5,6)7. The molecule has 0 radical (unpaired) electrons. The van der Waals surface area contributed by atoms with E-state index in [1.54, 1.807) is 0 Å². The van der Waals surface area contributed by atoms with Crippen molar-refractivity contribution in [2.75, 3.05) is 0 Å². The summed E-state index contributed by atoms with van der Waals surface area (Å²) >= 11 is 17.9. The molecule has 8 heteroatoms. The van der Waals surface area contributed by atoms with Crippen LogP contribution < -0.4 is 0 Å². The van der Waals surface area contributed by atoms with E-state index in [4.69, 9.17) is 0 Å². The summed E-state index contributed by atoms with van der Waals surface area (Å²) in [6.45, 7) is 0. The van der Waals surface area contributed by atoms with Gasteiger partial charge in [-0.2, -0.15) is 0 Å². The highest BCUT2D eigenvalue weighted by Crippen LogP contribution is 2.90. The van der Waals surface area contributed by atoms with Crippen LogP contribution in [0.1, 0.15) is 0 Å². The highest BCUT2D eigenvalue weighted by molar-refractivity contribution is 14.4. The molecule has 0 spiro atoms. The van der Waals surface area contributed by atoms with Gasteiger partial charge in [0.15, 0.2) is 0 Å². The smallest absolute Gasteiger partial charge is 0.272 e. The molecule has 0 heterocycles. The second-order valence-electron chi connectivity index (χ2n) is 1.02. The predicted molar refractivity (Wildman–Crippen MR) is 81.5 cm³/mol. The van der Waals surface area contributed by atoms with E-state index in [0.717, 1.165) is 0 Å². The second-order valence-corrected chi connectivity index (χ2v) is 43.0. The van der Waals surface area contributed by atoms with Crippen molar-refractivity contribution in [3.8, 4) is 0 Å². The Bertz CT molecular complexity index is 69.5. The van der Waals surface area contributed by atoms with Crippen LogP contribution in [0.5, 0.6) is 0 Å². The molecule has 0 aromatic rings. The summed E-state index contributed by atoms with van der Waals surface area (Å²) in [5.74, 6) is 0. The highest BCUT2D eigenvalue weighted by atomic mass is 127. The lowest BCUT2D eigenvalue weighted by Gasteiger charge is -2.20. The van der Waals surface area contributed by atoms with Crippen LogP contribution in [0.2, 0.25) is 0 Å². The first-order valence-corrected chi connectivity index (χ1v) is 14.4. The van der Waals surface area contributed by atoms with Gasteiger partial charge in [-0.15, -0.1) is 0 Å². The highest BCUT2D eigenvalue weighted by Gasteiger charge is 2.43. The molecule has 0 aliphatic carbocycles. The van der Waals surface area contributed by atoms with Gasteiger partial charge in [-0.05, 0) is 0 Å². The molecule has 0 aromatic heterocycles. The molecular weight excluding hydrogens is 662 g/mol. The number of hydrogen-bond donors (Lipinski definition) is 0. The van der Waals surface area contributed by atoms with Gasteiger partial charge in [-0.3, -0.25) is 47.3 Å². The van der Waals surface area contributed by atoms with E-state index in [9.17, 15) is 0 Å². The lowest BCUT2D eigenvalue weighted by Crippen LogP contribution is -1.99. The van der Waals surface area contributed by atoms with Gasteiger partial charge >= 0.3 is 2.34 Å². The van der Waals surface area contributed by atoms with Gasteiger partial charge in [0.05, 0.1) is 0.0685 Å². The van der Waals surface area contributed by atoms with Crippen LogP contribution in [0.3, 0.4) is 0 Å². The molecular formula is BBr3I3P. The molecule has 0 N–H and O–H groups in total. The Morgan fingerprint density at radius 2 is 1.12 bits per heavy atom. The van der Waals surface area contributed by atoms with E-state index in [1.807, 2.05) is 0 Å². The van der Waals surface area contributed by atoms with Crippen LogP contribution >= 0.6 is 113 Å². The van der Waals surface area contributed by atoms with Gasteiger partial charge in [0.1, 0.15) is 66.1 Å². The van der Waals surface area contributed by atoms with Crippen LogP contribution in [-0.2, 0) is 0 Å². The molecule has 0 aliphatic rings. The fourth-order valence-electron chi connectivity index (χ4n) is 0. The van der Waals surface area contributed by atoms with Gasteiger partial charge in [0.25, 0.3) is 0 Å². The third-order valence-corrected chi connectivity index (χ3v) is 34.7. The first kappa shape index (κ1) is 12.1. The van der Waals surface area contributed by atoms with Crippen LogP contribution in [0.25, 0.3) is 0 Å². The predicted octanol–water partition coefficient (Wildman–Crippen LogP) is 5.67. The van der Waals surface area contributed by atoms with Crippen molar-refractivity contribution in [3.63, 3.8) is 0 Å². The average Bonchev–Trinajstić information content (AvgIpc) is 1.25. The number of rotatable bonds is 1. The van der Waals surface area contributed by atoms with Crippen LogP contribution in [0.4, 0.5) is 0 Å². The molecule has 0 fully saturated rings. The van der Waals surface area contributed by atoms with Crippen LogP contribution in [-0.4, -0.2) is 2.34 Å². The zero-order valence-corrected chi connectivity index (χ0v) is 15.4. The normalized spacial score (nSPS) is 14.2. The summed E-state index contributed by atoms with van der Waals surface area (Å²) in [7, 11) is 0. The Morgan fingerprint density at radius 1 is 1.00 bits per heavy atom. The van der Waals surface area contributed by atoms with Crippen molar-refractivity contribution >= 4 is 116 Å². The van der Waals surface area contributed by atoms with Crippen molar-refractivity contribution in [2.45, 2.75) is 0 Å². The van der Waals surface area contributed by atoms with E-state index >= 15 is 0 Å². The van der Waals surface area contributed by atoms with Crippen molar-refractivity contribution in [1.82, 2.24) is 0 Å². The fraction of sp³-hybridized carbons (Fsp3) is 0. The van der Waals surface area contributed by atoms with Crippen LogP contribution in [0, 0.1) is 0 Å². The van der Waals surface area contributed by atoms with Gasteiger partial charge < -0.3 is 0 Å². The summed E-state index contributed by atoms with van der Waals surface area (Å²) in [6, 6.07) is 0. The minimum Gasteiger partial charge on any atom is -0.272 e. The van der Waals surface area contributed by atoms with Crippen molar-refractivity contribution < 1.29 is 0 Å². The van der Waals surface area contributed by atoms with E-state index in [0.29, 0.717) is 0 Å². The SMILES string of the molecule is Br[B-](Br)(Br)[P+](I)(I)I. The van der Waals surface area contributed by atoms with Crippen molar-refractivity contribution in [1.29, 1.82) is 0 Å². The van der Waals surface area contributed by atoms with Gasteiger partial charge in [0.2, 0.25) is 0 Å². The van der Waals surface area contributed by atoms with E-state index in [-0.39, 0.29) is 0 Å². The molecule has 0 nitrogen and oxygen atoms in total. The second kappa shape index (κ2) is 4.39. The van der Waals surface area contributed by atoms with Gasteiger partial charge in [-0.25, -0.2) is 0 Å². The topological polar surface area (TPSA) is 0 Å². The molecule has 50 valence electrons. The molecule has 0 saturated carbocycles. The van der Waals surface area contributed by atoms with E-state index in [2.05, 4.69) is 113 Å². The Morgan fingerprint density at radius 3 is 1.12 bits per heavy atom. The third-order valence-electron chi connectivity index (χ3n) is 0.332. The molecule has 0 rings (SSSR count). The van der Waals surface area contributed by atoms with Gasteiger partial charge in [-0.1, -0.05) is 0 Å². The zero-order valence-electron chi connectivity index (χ0n) is 3.29. The molecule has 0 aromatic carbocycles. The maximum atomic E-state index is 3.52. The maximum Gasteiger partial charge on any atom is 0.371 e. The first-order valence-electron chi connectivity index (χ1n) is 1.42. The minimum atomic E-state index is -0.877. The molecule has 0 saturated heterocycles. The minimum absolute atomic E-state index is 0.637. The summed E-state index contributed by atoms with van der Waals surface area (Å²) in [5.41, 5.74) is 0. The lowest BCUT2D eigenvalue weighted by molar-refractivity contribution is 4.57. The quantitative estimate of drug-likeness (QED) is 0.193. The summed E-state index contributed by atoms with van der Waals surface area (Å²) < 4.78 is -1.51. The largest absolute Gasteiger partial charge is 0.371 e. The van der Waals surface area contributed by atoms with E-state index < -0.39 is 2.41 Å². The monoisotopic (exact) mass is 659 g/mol.